The Morgan fingerprint density at radius 2 is 2.00 bits per heavy atom. The lowest BCUT2D eigenvalue weighted by molar-refractivity contribution is 0.0731. The number of rotatable bonds is 4. The van der Waals surface area contributed by atoms with Crippen LogP contribution in [0.2, 0.25) is 5.02 Å². The molecule has 1 aliphatic rings. The number of fused-ring (bicyclic) bond motifs is 1. The summed E-state index contributed by atoms with van der Waals surface area (Å²) in [4.78, 5) is 13.0. The summed E-state index contributed by atoms with van der Waals surface area (Å²) in [7, 11) is 0. The maximum atomic E-state index is 13.0. The Hall–Kier alpha value is -1.28. The lowest BCUT2D eigenvalue weighted by Gasteiger charge is -2.28. The molecule has 2 nitrogen and oxygen atoms in total. The number of hydrogen-bond acceptors (Lipinski definition) is 2. The Kier molecular flexibility index (Phi) is 3.83. The largest absolute Gasteiger partial charge is 0.453 e. The molecule has 2 aromatic rings. The summed E-state index contributed by atoms with van der Waals surface area (Å²) in [6.45, 7) is 4.37. The molecule has 0 atom stereocenters. The summed E-state index contributed by atoms with van der Waals surface area (Å²) in [6.07, 6.45) is 5.21. The normalized spacial score (nSPS) is 17.7. The molecule has 0 N–H and O–H groups in total. The molecule has 1 heterocycles. The van der Waals surface area contributed by atoms with Crippen molar-refractivity contribution in [1.29, 1.82) is 0 Å². The van der Waals surface area contributed by atoms with Gasteiger partial charge in [-0.2, -0.15) is 0 Å². The lowest BCUT2D eigenvalue weighted by Crippen LogP contribution is -2.29. The molecular formula is C18H21ClO2. The second-order valence-corrected chi connectivity index (χ2v) is 7.14. The minimum Gasteiger partial charge on any atom is -0.453 e. The van der Waals surface area contributed by atoms with E-state index in [4.69, 9.17) is 16.0 Å². The second kappa shape index (κ2) is 5.49. The van der Waals surface area contributed by atoms with Gasteiger partial charge < -0.3 is 4.42 Å². The van der Waals surface area contributed by atoms with Crippen molar-refractivity contribution in [1.82, 2.24) is 0 Å². The summed E-state index contributed by atoms with van der Waals surface area (Å²) >= 11 is 6.00. The molecule has 1 saturated carbocycles. The van der Waals surface area contributed by atoms with E-state index in [1.54, 1.807) is 6.07 Å². The van der Waals surface area contributed by atoms with Gasteiger partial charge in [0, 0.05) is 15.8 Å². The van der Waals surface area contributed by atoms with Crippen LogP contribution in [0.3, 0.4) is 0 Å². The van der Waals surface area contributed by atoms with Gasteiger partial charge in [0.15, 0.2) is 5.76 Å². The number of furan rings is 1. The first kappa shape index (κ1) is 14.6. The maximum absolute atomic E-state index is 13.0. The van der Waals surface area contributed by atoms with Gasteiger partial charge in [0.2, 0.25) is 5.78 Å². The highest BCUT2D eigenvalue weighted by Crippen LogP contribution is 2.46. The van der Waals surface area contributed by atoms with Crippen LogP contribution in [0.25, 0.3) is 11.0 Å². The molecule has 0 amide bonds. The Labute approximate surface area is 130 Å². The van der Waals surface area contributed by atoms with E-state index < -0.39 is 0 Å². The van der Waals surface area contributed by atoms with Crippen LogP contribution < -0.4 is 0 Å². The van der Waals surface area contributed by atoms with Crippen LogP contribution in [0.4, 0.5) is 0 Å². The average Bonchev–Trinajstić information content (AvgIpc) is 3.04. The number of Topliss-reactive ketones (excluding diaryl/α,β-unsaturated/α-hetero) is 1. The zero-order valence-electron chi connectivity index (χ0n) is 12.6. The van der Waals surface area contributed by atoms with Crippen LogP contribution >= 0.6 is 11.6 Å². The van der Waals surface area contributed by atoms with Crippen molar-refractivity contribution >= 4 is 28.4 Å². The van der Waals surface area contributed by atoms with E-state index in [1.807, 2.05) is 18.2 Å². The number of carbonyl (C=O) groups excluding carboxylic acids is 1. The van der Waals surface area contributed by atoms with E-state index >= 15 is 0 Å². The average molecular weight is 305 g/mol. The van der Waals surface area contributed by atoms with Gasteiger partial charge in [0.1, 0.15) is 5.58 Å². The molecular weight excluding hydrogens is 284 g/mol. The topological polar surface area (TPSA) is 30.2 Å². The third-order valence-corrected chi connectivity index (χ3v) is 4.78. The van der Waals surface area contributed by atoms with E-state index in [9.17, 15) is 4.79 Å². The highest BCUT2D eigenvalue weighted by atomic mass is 35.5. The molecule has 0 spiro atoms. The molecule has 1 aromatic carbocycles. The maximum Gasteiger partial charge on any atom is 0.204 e. The van der Waals surface area contributed by atoms with Gasteiger partial charge in [0.25, 0.3) is 0 Å². The monoisotopic (exact) mass is 304 g/mol. The molecule has 0 saturated heterocycles. The van der Waals surface area contributed by atoms with Crippen LogP contribution in [-0.2, 0) is 0 Å². The first-order valence-corrected chi connectivity index (χ1v) is 8.12. The summed E-state index contributed by atoms with van der Waals surface area (Å²) in [5.41, 5.74) is 0.520. The zero-order valence-corrected chi connectivity index (χ0v) is 13.4. The van der Waals surface area contributed by atoms with E-state index in [0.717, 1.165) is 43.1 Å². The minimum atomic E-state index is -0.216. The van der Waals surface area contributed by atoms with E-state index in [0.29, 0.717) is 16.7 Å². The van der Waals surface area contributed by atoms with Crippen molar-refractivity contribution in [2.45, 2.75) is 46.0 Å². The highest BCUT2D eigenvalue weighted by Gasteiger charge is 2.43. The van der Waals surface area contributed by atoms with Crippen LogP contribution in [0.5, 0.6) is 0 Å². The summed E-state index contributed by atoms with van der Waals surface area (Å²) in [5, 5.41) is 1.57. The van der Waals surface area contributed by atoms with Crippen LogP contribution in [0.15, 0.2) is 28.7 Å². The van der Waals surface area contributed by atoms with Crippen molar-refractivity contribution in [3.8, 4) is 0 Å². The zero-order chi connectivity index (χ0) is 15.0. The number of ketones is 1. The van der Waals surface area contributed by atoms with Gasteiger partial charge in [-0.3, -0.25) is 4.79 Å². The molecule has 1 aromatic heterocycles. The van der Waals surface area contributed by atoms with Crippen molar-refractivity contribution in [2.24, 2.45) is 11.3 Å². The Balaban J connectivity index is 1.97. The molecule has 3 heteroatoms. The van der Waals surface area contributed by atoms with E-state index in [-0.39, 0.29) is 11.2 Å². The number of halogens is 1. The second-order valence-electron chi connectivity index (χ2n) is 6.71. The molecule has 0 aliphatic heterocycles. The lowest BCUT2D eigenvalue weighted by atomic mass is 9.74. The van der Waals surface area contributed by atoms with Crippen molar-refractivity contribution < 1.29 is 9.21 Å². The van der Waals surface area contributed by atoms with Gasteiger partial charge in [-0.15, -0.1) is 0 Å². The predicted octanol–water partition coefficient (Wildman–Crippen LogP) is 5.88. The van der Waals surface area contributed by atoms with Crippen molar-refractivity contribution in [3.05, 3.63) is 35.0 Å². The predicted molar refractivity (Wildman–Crippen MR) is 85.9 cm³/mol. The first-order chi connectivity index (χ1) is 10.00. The number of benzene rings is 1. The third-order valence-electron chi connectivity index (χ3n) is 4.54. The fraction of sp³-hybridized carbons (Fsp3) is 0.500. The van der Waals surface area contributed by atoms with Gasteiger partial charge in [-0.1, -0.05) is 38.3 Å². The van der Waals surface area contributed by atoms with Crippen LogP contribution in [0.1, 0.15) is 56.5 Å². The molecule has 1 aliphatic carbocycles. The Bertz CT molecular complexity index is 663. The third kappa shape index (κ3) is 2.74. The van der Waals surface area contributed by atoms with Crippen LogP contribution in [-0.4, -0.2) is 5.78 Å². The summed E-state index contributed by atoms with van der Waals surface area (Å²) < 4.78 is 5.80. The first-order valence-electron chi connectivity index (χ1n) is 7.74. The van der Waals surface area contributed by atoms with Gasteiger partial charge >= 0.3 is 0 Å². The molecule has 21 heavy (non-hydrogen) atoms. The van der Waals surface area contributed by atoms with Crippen LogP contribution in [0, 0.1) is 11.3 Å². The Morgan fingerprint density at radius 3 is 2.67 bits per heavy atom. The van der Waals surface area contributed by atoms with Gasteiger partial charge in [-0.25, -0.2) is 0 Å². The summed E-state index contributed by atoms with van der Waals surface area (Å²) in [6, 6.07) is 7.32. The SMILES string of the molecule is CC(C)CC1(C(=O)c2cc3cc(Cl)ccc3o2)CCCC1. The molecule has 0 radical (unpaired) electrons. The Morgan fingerprint density at radius 1 is 1.29 bits per heavy atom. The molecule has 112 valence electrons. The van der Waals surface area contributed by atoms with E-state index in [2.05, 4.69) is 13.8 Å². The fourth-order valence-electron chi connectivity index (χ4n) is 3.74. The standard InChI is InChI=1S/C18H21ClO2/c1-12(2)11-18(7-3-4-8-18)17(20)16-10-13-9-14(19)5-6-15(13)21-16/h5-6,9-10,12H,3-4,7-8,11H2,1-2H3. The number of carbonyl (C=O) groups is 1. The van der Waals surface area contributed by atoms with Gasteiger partial charge in [-0.05, 0) is 49.4 Å². The molecule has 0 unspecified atom stereocenters. The molecule has 1 fully saturated rings. The van der Waals surface area contributed by atoms with Gasteiger partial charge in [0.05, 0.1) is 0 Å². The van der Waals surface area contributed by atoms with Crippen molar-refractivity contribution in [3.63, 3.8) is 0 Å². The smallest absolute Gasteiger partial charge is 0.204 e. The fourth-order valence-corrected chi connectivity index (χ4v) is 3.93. The highest BCUT2D eigenvalue weighted by molar-refractivity contribution is 6.31. The minimum absolute atomic E-state index is 0.182. The summed E-state index contributed by atoms with van der Waals surface area (Å²) in [5.74, 6) is 1.20. The molecule has 3 rings (SSSR count). The van der Waals surface area contributed by atoms with E-state index in [1.165, 1.54) is 0 Å². The number of hydrogen-bond donors (Lipinski definition) is 0. The molecule has 0 bridgehead atoms. The van der Waals surface area contributed by atoms with Crippen molar-refractivity contribution in [2.75, 3.05) is 0 Å². The quantitative estimate of drug-likeness (QED) is 0.661.